The van der Waals surface area contributed by atoms with Gasteiger partial charge in [-0.2, -0.15) is 0 Å². The van der Waals surface area contributed by atoms with Crippen LogP contribution in [-0.4, -0.2) is 49.5 Å². The Hall–Kier alpha value is -1.77. The van der Waals surface area contributed by atoms with E-state index >= 15 is 0 Å². The van der Waals surface area contributed by atoms with Gasteiger partial charge in [0.2, 0.25) is 0 Å². The van der Waals surface area contributed by atoms with Crippen LogP contribution in [0.25, 0.3) is 0 Å². The fraction of sp³-hybridized carbons (Fsp3) is 0.500. The van der Waals surface area contributed by atoms with Crippen LogP contribution in [0.4, 0.5) is 0 Å². The van der Waals surface area contributed by atoms with E-state index in [1.165, 1.54) is 0 Å². The fourth-order valence-corrected chi connectivity index (χ4v) is 2.13. The highest BCUT2D eigenvalue weighted by molar-refractivity contribution is 5.89. The van der Waals surface area contributed by atoms with Gasteiger partial charge in [0.15, 0.2) is 5.78 Å². The summed E-state index contributed by atoms with van der Waals surface area (Å²) in [4.78, 5) is 36.2. The predicted octanol–water partition coefficient (Wildman–Crippen LogP) is -3.01. The van der Waals surface area contributed by atoms with Crippen LogP contribution in [0.1, 0.15) is 6.04 Å². The maximum Gasteiger partial charge on any atom is 0.329 e. The zero-order valence-electron chi connectivity index (χ0n) is 9.18. The number of carbonyl (C=O) groups is 1. The van der Waals surface area contributed by atoms with E-state index in [1.54, 1.807) is 0 Å². The number of aromatic nitrogens is 2. The Labute approximate surface area is 100 Å². The molecule has 1 aliphatic rings. The molecule has 0 spiro atoms. The van der Waals surface area contributed by atoms with Crippen molar-refractivity contribution in [2.45, 2.75) is 18.2 Å². The van der Waals surface area contributed by atoms with Gasteiger partial charge in [-0.3, -0.25) is 19.1 Å². The normalized spacial score (nSPS) is 31.8. The topological polar surface area (TPSA) is 133 Å². The van der Waals surface area contributed by atoms with E-state index in [-0.39, 0.29) is 0 Å². The standard InChI is InChI=1S/C10H12N2O6/c13-3-4-7(15)6(9(17)8(4)16)12-2-1-5(14)11-10(12)18/h1-2,4,6,8-9,13,16-17H,3H2,(H,11,14,18). The molecule has 4 atom stereocenters. The summed E-state index contributed by atoms with van der Waals surface area (Å²) in [5, 5.41) is 28.3. The number of nitrogens with one attached hydrogen (secondary N) is 1. The van der Waals surface area contributed by atoms with Crippen molar-refractivity contribution in [3.63, 3.8) is 0 Å². The number of nitrogens with zero attached hydrogens (tertiary/aromatic N) is 1. The summed E-state index contributed by atoms with van der Waals surface area (Å²) in [5.74, 6) is -1.78. The third kappa shape index (κ3) is 1.80. The molecule has 0 radical (unpaired) electrons. The van der Waals surface area contributed by atoms with Gasteiger partial charge >= 0.3 is 5.69 Å². The van der Waals surface area contributed by atoms with Gasteiger partial charge < -0.3 is 15.3 Å². The van der Waals surface area contributed by atoms with Crippen molar-refractivity contribution in [1.82, 2.24) is 9.55 Å². The molecule has 4 unspecified atom stereocenters. The molecule has 8 nitrogen and oxygen atoms in total. The molecule has 0 aliphatic heterocycles. The lowest BCUT2D eigenvalue weighted by molar-refractivity contribution is -0.125. The van der Waals surface area contributed by atoms with E-state index in [4.69, 9.17) is 5.11 Å². The van der Waals surface area contributed by atoms with Crippen LogP contribution in [0.2, 0.25) is 0 Å². The molecule has 1 aliphatic carbocycles. The molecule has 98 valence electrons. The average molecular weight is 256 g/mol. The molecule has 0 aromatic carbocycles. The third-order valence-electron chi connectivity index (χ3n) is 3.09. The number of Topliss-reactive ketones (excluding diaryl/α,β-unsaturated/α-hetero) is 1. The minimum atomic E-state index is -1.50. The molecule has 1 fully saturated rings. The molecule has 0 saturated heterocycles. The first-order valence-corrected chi connectivity index (χ1v) is 5.29. The van der Waals surface area contributed by atoms with Gasteiger partial charge in [-0.05, 0) is 0 Å². The third-order valence-corrected chi connectivity index (χ3v) is 3.09. The lowest BCUT2D eigenvalue weighted by Crippen LogP contribution is -2.38. The van der Waals surface area contributed by atoms with E-state index in [9.17, 15) is 24.6 Å². The summed E-state index contributed by atoms with van der Waals surface area (Å²) < 4.78 is 0.841. The van der Waals surface area contributed by atoms with Crippen LogP contribution in [0.15, 0.2) is 21.9 Å². The number of hydrogen-bond donors (Lipinski definition) is 4. The van der Waals surface area contributed by atoms with Gasteiger partial charge in [-0.25, -0.2) is 4.79 Å². The van der Waals surface area contributed by atoms with Crippen LogP contribution in [0, 0.1) is 5.92 Å². The lowest BCUT2D eigenvalue weighted by Gasteiger charge is -2.16. The molecule has 1 aromatic rings. The number of aliphatic hydroxyl groups is 3. The van der Waals surface area contributed by atoms with Crippen LogP contribution >= 0.6 is 0 Å². The molecule has 4 N–H and O–H groups in total. The summed E-state index contributed by atoms with van der Waals surface area (Å²) in [6, 6.07) is -0.276. The Morgan fingerprint density at radius 1 is 1.22 bits per heavy atom. The van der Waals surface area contributed by atoms with E-state index in [0.29, 0.717) is 0 Å². The number of H-pyrrole nitrogens is 1. The minimum Gasteiger partial charge on any atom is -0.396 e. The Morgan fingerprint density at radius 2 is 1.89 bits per heavy atom. The van der Waals surface area contributed by atoms with E-state index < -0.39 is 47.8 Å². The Morgan fingerprint density at radius 3 is 2.39 bits per heavy atom. The molecule has 1 aromatic heterocycles. The van der Waals surface area contributed by atoms with Crippen LogP contribution < -0.4 is 11.2 Å². The van der Waals surface area contributed by atoms with Crippen molar-refractivity contribution in [3.8, 4) is 0 Å². The molecule has 1 saturated carbocycles. The second-order valence-corrected chi connectivity index (χ2v) is 4.13. The van der Waals surface area contributed by atoms with Crippen molar-refractivity contribution in [2.24, 2.45) is 5.92 Å². The number of aromatic amines is 1. The smallest absolute Gasteiger partial charge is 0.329 e. The first kappa shape index (κ1) is 12.7. The summed E-state index contributed by atoms with van der Waals surface area (Å²) in [5.41, 5.74) is -1.49. The minimum absolute atomic E-state index is 0.619. The van der Waals surface area contributed by atoms with Crippen molar-refractivity contribution >= 4 is 5.78 Å². The van der Waals surface area contributed by atoms with Gasteiger partial charge in [0, 0.05) is 12.3 Å². The second kappa shape index (κ2) is 4.48. The predicted molar refractivity (Wildman–Crippen MR) is 58.0 cm³/mol. The zero-order valence-corrected chi connectivity index (χ0v) is 9.18. The lowest BCUT2D eigenvalue weighted by atomic mass is 10.1. The number of aliphatic hydroxyl groups excluding tert-OH is 3. The Kier molecular flexibility index (Phi) is 3.16. The molecule has 2 rings (SSSR count). The molecular formula is C10H12N2O6. The summed E-state index contributed by atoms with van der Waals surface area (Å²) in [6.07, 6.45) is -1.87. The molecule has 18 heavy (non-hydrogen) atoms. The molecule has 1 heterocycles. The molecular weight excluding hydrogens is 244 g/mol. The molecule has 0 amide bonds. The van der Waals surface area contributed by atoms with Crippen LogP contribution in [-0.2, 0) is 4.79 Å². The Bertz CT molecular complexity index is 576. The maximum atomic E-state index is 11.9. The first-order valence-electron chi connectivity index (χ1n) is 5.29. The second-order valence-electron chi connectivity index (χ2n) is 4.13. The van der Waals surface area contributed by atoms with Crippen LogP contribution in [0.5, 0.6) is 0 Å². The quantitative estimate of drug-likeness (QED) is 0.445. The van der Waals surface area contributed by atoms with Crippen molar-refractivity contribution < 1.29 is 20.1 Å². The van der Waals surface area contributed by atoms with Gasteiger partial charge in [0.05, 0.1) is 18.6 Å². The van der Waals surface area contributed by atoms with Crippen molar-refractivity contribution in [1.29, 1.82) is 0 Å². The zero-order chi connectivity index (χ0) is 13.4. The Balaban J connectivity index is 2.48. The van der Waals surface area contributed by atoms with Gasteiger partial charge in [-0.1, -0.05) is 0 Å². The SMILES string of the molecule is O=C1C(CO)C(O)C(O)C1n1ccc(=O)[nH]c1=O. The monoisotopic (exact) mass is 256 g/mol. The van der Waals surface area contributed by atoms with E-state index in [1.807, 2.05) is 4.98 Å². The summed E-state index contributed by atoms with van der Waals surface area (Å²) in [6.45, 7) is -0.619. The van der Waals surface area contributed by atoms with E-state index in [2.05, 4.69) is 0 Å². The number of carbonyl (C=O) groups excluding carboxylic acids is 1. The number of ketones is 1. The highest BCUT2D eigenvalue weighted by atomic mass is 16.3. The highest BCUT2D eigenvalue weighted by Gasteiger charge is 2.49. The van der Waals surface area contributed by atoms with Crippen LogP contribution in [0.3, 0.4) is 0 Å². The maximum absolute atomic E-state index is 11.9. The number of hydrogen-bond acceptors (Lipinski definition) is 6. The van der Waals surface area contributed by atoms with Crippen molar-refractivity contribution in [2.75, 3.05) is 6.61 Å². The number of rotatable bonds is 2. The highest BCUT2D eigenvalue weighted by Crippen LogP contribution is 2.30. The largest absolute Gasteiger partial charge is 0.396 e. The van der Waals surface area contributed by atoms with Gasteiger partial charge in [0.25, 0.3) is 5.56 Å². The fourth-order valence-electron chi connectivity index (χ4n) is 2.13. The molecule has 0 bridgehead atoms. The van der Waals surface area contributed by atoms with Gasteiger partial charge in [-0.15, -0.1) is 0 Å². The average Bonchev–Trinajstić information content (AvgIpc) is 2.52. The molecule has 8 heteroatoms. The van der Waals surface area contributed by atoms with Crippen molar-refractivity contribution in [3.05, 3.63) is 33.1 Å². The van der Waals surface area contributed by atoms with Gasteiger partial charge in [0.1, 0.15) is 12.1 Å². The van der Waals surface area contributed by atoms with E-state index in [0.717, 1.165) is 16.8 Å². The summed E-state index contributed by atoms with van der Waals surface area (Å²) in [7, 11) is 0. The first-order chi connectivity index (χ1) is 8.47. The summed E-state index contributed by atoms with van der Waals surface area (Å²) >= 11 is 0.